The van der Waals surface area contributed by atoms with Crippen LogP contribution in [0.25, 0.3) is 0 Å². The van der Waals surface area contributed by atoms with Crippen molar-refractivity contribution >= 4 is 145 Å². The van der Waals surface area contributed by atoms with Crippen LogP contribution in [-0.2, 0) is 65.3 Å². The van der Waals surface area contributed by atoms with E-state index in [0.29, 0.717) is 57.1 Å². The van der Waals surface area contributed by atoms with E-state index in [4.69, 9.17) is 86.1 Å². The SMILES string of the molecule is CC1(C)C2CCC1(C)C1(c3ccccc3)OB(c3ccc(CN4CNc5c4[nH]cnc5=S)cc3)OC21.CC1(C)C2CCC1(C)C1OB(c3ccc(CN4CNc5c4[nH]cnc5=S)cc3)OC21c1ccccc1.CCCCC1(C)OB(c2ccc(CN3CNc4c3[nH]cnc4=S)cc2)OC1(C)C.S=c1nc[nH]c2c1NCN2Cc1ccc(B2Oc3ccccc3O2)cc1. The van der Waals surface area contributed by atoms with Crippen LogP contribution in [0.2, 0.25) is 0 Å². The molecule has 12 heterocycles. The normalized spacial score (nSPS) is 25.9. The molecule has 12 aliphatic rings. The van der Waals surface area contributed by atoms with Gasteiger partial charge in [-0.25, -0.2) is 19.9 Å². The highest BCUT2D eigenvalue weighted by Crippen LogP contribution is 2.77. The van der Waals surface area contributed by atoms with Crippen LogP contribution in [0.4, 0.5) is 46.0 Å². The first kappa shape index (κ1) is 84.9. The first-order chi connectivity index (χ1) is 61.3. The lowest BCUT2D eigenvalue weighted by atomic mass is 9.61. The van der Waals surface area contributed by atoms with E-state index in [0.717, 1.165) is 131 Å². The van der Waals surface area contributed by atoms with Crippen LogP contribution < -0.4 is 72.0 Å². The molecule has 7 aromatic carbocycles. The number of nitrogens with one attached hydrogen (secondary N) is 8. The summed E-state index contributed by atoms with van der Waals surface area (Å²) >= 11 is 21.2. The Bertz CT molecular complexity index is 6060. The zero-order chi connectivity index (χ0) is 87.6. The molecule has 24 nitrogen and oxygen atoms in total. The van der Waals surface area contributed by atoms with Gasteiger partial charge in [0.05, 0.1) is 75.4 Å². The first-order valence-corrected chi connectivity index (χ1v) is 46.1. The Hall–Kier alpha value is -10.2. The molecular formula is C95H106B4N16O8S4. The number of fused-ring (bicyclic) bond motifs is 15. The quantitative estimate of drug-likeness (QED) is 0.0312. The molecule has 127 heavy (non-hydrogen) atoms. The second-order valence-corrected chi connectivity index (χ2v) is 39.5. The van der Waals surface area contributed by atoms with Gasteiger partial charge in [0.15, 0.2) is 18.6 Å². The fraction of sp³-hybridized carbons (Fsp3) is 0.389. The first-order valence-electron chi connectivity index (χ1n) is 44.5. The zero-order valence-corrected chi connectivity index (χ0v) is 76.6. The summed E-state index contributed by atoms with van der Waals surface area (Å²) < 4.78 is 54.7. The Morgan fingerprint density at radius 2 is 0.803 bits per heavy atom. The molecule has 23 rings (SSSR count). The molecule has 650 valence electrons. The van der Waals surface area contributed by atoms with E-state index in [1.165, 1.54) is 52.6 Å². The maximum absolute atomic E-state index is 7.08. The molecular weight excluding hydrogens is 1660 g/mol. The van der Waals surface area contributed by atoms with Gasteiger partial charge in [0.2, 0.25) is 0 Å². The molecule has 0 amide bonds. The molecule has 32 heteroatoms. The predicted molar refractivity (Wildman–Crippen MR) is 513 cm³/mol. The molecule has 9 unspecified atom stereocenters. The molecule has 7 fully saturated rings. The Balaban J connectivity index is 0.000000108. The number of aromatic nitrogens is 8. The number of unbranched alkanes of at least 4 members (excludes halogenated alkanes) is 1. The molecule has 4 aliphatic carbocycles. The van der Waals surface area contributed by atoms with Crippen LogP contribution >= 0.6 is 48.9 Å². The summed E-state index contributed by atoms with van der Waals surface area (Å²) in [5.41, 5.74) is 14.1. The van der Waals surface area contributed by atoms with Gasteiger partial charge in [-0.15, -0.1) is 0 Å². The number of rotatable bonds is 17. The summed E-state index contributed by atoms with van der Waals surface area (Å²) in [5, 5.41) is 13.3. The van der Waals surface area contributed by atoms with Gasteiger partial charge in [0.25, 0.3) is 0 Å². The minimum atomic E-state index is -0.430. The number of hydrogen-bond acceptors (Lipinski definition) is 24. The Kier molecular flexibility index (Phi) is 22.1. The van der Waals surface area contributed by atoms with Crippen LogP contribution in [0.15, 0.2) is 207 Å². The monoisotopic (exact) mass is 1770 g/mol. The van der Waals surface area contributed by atoms with Crippen LogP contribution in [0.1, 0.15) is 148 Å². The van der Waals surface area contributed by atoms with Crippen LogP contribution in [0.5, 0.6) is 11.5 Å². The summed E-state index contributed by atoms with van der Waals surface area (Å²) in [7, 11) is -1.44. The van der Waals surface area contributed by atoms with Crippen molar-refractivity contribution in [2.45, 2.75) is 175 Å². The molecule has 0 radical (unpaired) electrons. The number of nitrogens with zero attached hydrogens (tertiary/aromatic N) is 8. The summed E-state index contributed by atoms with van der Waals surface area (Å²) in [5.74, 6) is 6.42. The summed E-state index contributed by atoms with van der Waals surface area (Å²) in [6, 6.07) is 63.5. The fourth-order valence-corrected chi connectivity index (χ4v) is 23.3. The minimum Gasteiger partial charge on any atom is -0.519 e. The number of H-pyrrole nitrogens is 4. The van der Waals surface area contributed by atoms with Gasteiger partial charge in [-0.1, -0.05) is 280 Å². The summed E-state index contributed by atoms with van der Waals surface area (Å²) in [6.07, 6.45) is 14.7. The van der Waals surface area contributed by atoms with Crippen molar-refractivity contribution < 1.29 is 37.2 Å². The molecule has 9 atom stereocenters. The molecule has 8 N–H and O–H groups in total. The third-order valence-corrected chi connectivity index (χ3v) is 31.7. The second-order valence-electron chi connectivity index (χ2n) is 37.9. The van der Waals surface area contributed by atoms with Crippen molar-refractivity contribution in [1.82, 2.24) is 39.9 Å². The topological polar surface area (TPSA) is 250 Å². The zero-order valence-electron chi connectivity index (χ0n) is 73.3. The number of anilines is 8. The van der Waals surface area contributed by atoms with Gasteiger partial charge < -0.3 is 98.0 Å². The lowest BCUT2D eigenvalue weighted by molar-refractivity contribution is -0.0800. The highest BCUT2D eigenvalue weighted by Gasteiger charge is 2.80. The largest absolute Gasteiger partial charge is 0.632 e. The standard InChI is InChI=1S/2C28H31BN4O2S.C21H29BN4O2S.C18H15BN4O2S/c1-26(2)21-13-14-27(26,3)25-28(21,19-7-5-4-6-8-19)35-29(34-25)20-11-9-18(10-12-20)15-33-17-32-22-23(33)30-16-31-24(22)36;1-26(2)21-13-14-27(26,3)28(19-7-5-4-6-8-19)23(21)34-29(35-28)20-11-9-18(10-12-20)15-33-17-32-22-24(33)30-16-31-25(22)36;1-5-6-11-21(4)20(2,3)27-22(28-21)16-9-7-15(8-10-16)12-26-14-25-17-18(26)23-13-24-19(17)29;26-18-16-17(20-10-21-18)23(11-22-16)9-12-5-7-13(8-6-12)19-24-14-3-1-2-4-15(14)25-19/h4-12,16,21,25,32H,13-15,17H2,1-3H3,(H,30,31,36);4-12,16,21,23,32H,13-15,17H2,1-3H3,(H,30,31,36);7-10,13,25H,5-6,11-12,14H2,1-4H3,(H,23,24,29);1-8,10,22H,9,11H2,(H,20,21,26). The Morgan fingerprint density at radius 3 is 1.23 bits per heavy atom. The Labute approximate surface area is 763 Å². The van der Waals surface area contributed by atoms with E-state index in [1.807, 2.05) is 36.4 Å². The average Bonchev–Trinajstić information content (AvgIpc) is 1.48. The number of aromatic amines is 4. The van der Waals surface area contributed by atoms with E-state index in [1.54, 1.807) is 25.3 Å². The van der Waals surface area contributed by atoms with Gasteiger partial charge >= 0.3 is 28.5 Å². The van der Waals surface area contributed by atoms with Gasteiger partial charge in [-0.3, -0.25) is 0 Å². The van der Waals surface area contributed by atoms with Gasteiger partial charge in [-0.05, 0) is 137 Å². The van der Waals surface area contributed by atoms with E-state index < -0.39 is 18.3 Å². The molecule has 3 saturated heterocycles. The molecule has 8 aliphatic heterocycles. The van der Waals surface area contributed by atoms with Crippen molar-refractivity contribution in [3.05, 3.63) is 259 Å². The lowest BCUT2D eigenvalue weighted by Gasteiger charge is -2.48. The van der Waals surface area contributed by atoms with E-state index in [2.05, 4.69) is 296 Å². The maximum atomic E-state index is 7.08. The van der Waals surface area contributed by atoms with Gasteiger partial charge in [0.1, 0.15) is 68.7 Å². The predicted octanol–water partition coefficient (Wildman–Crippen LogP) is 16.7. The number of para-hydroxylation sites is 2. The van der Waals surface area contributed by atoms with Gasteiger partial charge in [-0.2, -0.15) is 0 Å². The molecule has 11 aromatic rings. The molecule has 4 bridgehead atoms. The van der Waals surface area contributed by atoms with Crippen molar-refractivity contribution in [2.24, 2.45) is 33.5 Å². The average molecular weight is 1770 g/mol. The summed E-state index contributed by atoms with van der Waals surface area (Å²) in [4.78, 5) is 38.3. The van der Waals surface area contributed by atoms with E-state index in [-0.39, 0.29) is 66.4 Å². The van der Waals surface area contributed by atoms with Crippen molar-refractivity contribution in [3.63, 3.8) is 0 Å². The van der Waals surface area contributed by atoms with Crippen LogP contribution in [0, 0.1) is 52.1 Å². The van der Waals surface area contributed by atoms with Crippen molar-refractivity contribution in [2.75, 3.05) is 67.5 Å². The van der Waals surface area contributed by atoms with E-state index in [9.17, 15) is 0 Å². The van der Waals surface area contributed by atoms with Gasteiger partial charge in [0, 0.05) is 42.5 Å². The summed E-state index contributed by atoms with van der Waals surface area (Å²) in [6.45, 7) is 29.1. The Morgan fingerprint density at radius 1 is 0.409 bits per heavy atom. The third-order valence-electron chi connectivity index (χ3n) is 30.5. The molecule has 0 spiro atoms. The highest BCUT2D eigenvalue weighted by atomic mass is 32.1. The van der Waals surface area contributed by atoms with Crippen molar-refractivity contribution in [1.29, 1.82) is 0 Å². The second kappa shape index (κ2) is 33.1. The molecule has 4 saturated carbocycles. The number of hydrogen-bond donors (Lipinski definition) is 8. The van der Waals surface area contributed by atoms with Crippen LogP contribution in [0.3, 0.4) is 0 Å². The smallest absolute Gasteiger partial charge is 0.519 e. The molecule has 4 aromatic heterocycles. The third kappa shape index (κ3) is 14.5. The lowest BCUT2D eigenvalue weighted by Crippen LogP contribution is -2.50. The maximum Gasteiger partial charge on any atom is 0.632 e. The highest BCUT2D eigenvalue weighted by molar-refractivity contribution is 7.72. The minimum absolute atomic E-state index is 0.0104. The fourth-order valence-electron chi connectivity index (χ4n) is 22.4. The van der Waals surface area contributed by atoms with E-state index >= 15 is 0 Å². The van der Waals surface area contributed by atoms with Crippen molar-refractivity contribution in [3.8, 4) is 11.5 Å². The van der Waals surface area contributed by atoms with Crippen LogP contribution in [-0.4, -0.2) is 118 Å². The number of benzene rings is 7.